The Bertz CT molecular complexity index is 353. The van der Waals surface area contributed by atoms with Gasteiger partial charge in [-0.05, 0) is 25.7 Å². The summed E-state index contributed by atoms with van der Waals surface area (Å²) in [5.41, 5.74) is 0. The van der Waals surface area contributed by atoms with Crippen molar-refractivity contribution < 1.29 is 19.5 Å². The van der Waals surface area contributed by atoms with Crippen molar-refractivity contribution in [3.63, 3.8) is 0 Å². The molecule has 0 heterocycles. The standard InChI is InChI=1S/C14H24N2O4/c1-2-4-11(14(19)20)9-16-12(17)5-3-8-15-13(18)10-6-7-10/h10-11H,2-9H2,1H3,(H,15,18)(H,16,17)(H,19,20). The Morgan fingerprint density at radius 1 is 1.25 bits per heavy atom. The van der Waals surface area contributed by atoms with Gasteiger partial charge in [0.05, 0.1) is 5.92 Å². The average Bonchev–Trinajstić information content (AvgIpc) is 3.23. The number of carbonyl (C=O) groups is 3. The van der Waals surface area contributed by atoms with Gasteiger partial charge < -0.3 is 15.7 Å². The Kier molecular flexibility index (Phi) is 7.04. The minimum atomic E-state index is -0.871. The van der Waals surface area contributed by atoms with E-state index in [1.165, 1.54) is 0 Å². The molecule has 3 N–H and O–H groups in total. The van der Waals surface area contributed by atoms with Crippen molar-refractivity contribution in [2.24, 2.45) is 11.8 Å². The van der Waals surface area contributed by atoms with Gasteiger partial charge in [0.25, 0.3) is 0 Å². The molecule has 1 saturated carbocycles. The fraction of sp³-hybridized carbons (Fsp3) is 0.786. The Morgan fingerprint density at radius 3 is 2.50 bits per heavy atom. The molecule has 1 rings (SSSR count). The summed E-state index contributed by atoms with van der Waals surface area (Å²) in [4.78, 5) is 33.8. The van der Waals surface area contributed by atoms with E-state index in [1.807, 2.05) is 6.92 Å². The Hall–Kier alpha value is -1.59. The number of hydrogen-bond donors (Lipinski definition) is 3. The highest BCUT2D eigenvalue weighted by atomic mass is 16.4. The normalized spacial score (nSPS) is 15.4. The molecule has 1 unspecified atom stereocenters. The van der Waals surface area contributed by atoms with Crippen LogP contribution >= 0.6 is 0 Å². The highest BCUT2D eigenvalue weighted by Crippen LogP contribution is 2.28. The molecule has 0 bridgehead atoms. The fourth-order valence-electron chi connectivity index (χ4n) is 1.94. The van der Waals surface area contributed by atoms with Crippen LogP contribution < -0.4 is 10.6 Å². The Labute approximate surface area is 119 Å². The van der Waals surface area contributed by atoms with Gasteiger partial charge in [-0.15, -0.1) is 0 Å². The maximum absolute atomic E-state index is 11.5. The molecule has 0 spiro atoms. The molecule has 0 aromatic rings. The van der Waals surface area contributed by atoms with Gasteiger partial charge in [0.1, 0.15) is 0 Å². The monoisotopic (exact) mass is 284 g/mol. The number of carbonyl (C=O) groups excluding carboxylic acids is 2. The van der Waals surface area contributed by atoms with E-state index in [0.717, 1.165) is 19.3 Å². The number of aliphatic carboxylic acids is 1. The van der Waals surface area contributed by atoms with E-state index in [2.05, 4.69) is 10.6 Å². The second kappa shape index (κ2) is 8.55. The second-order valence-corrected chi connectivity index (χ2v) is 5.30. The third kappa shape index (κ3) is 6.54. The van der Waals surface area contributed by atoms with Gasteiger partial charge in [0, 0.05) is 25.4 Å². The molecule has 0 radical (unpaired) electrons. The van der Waals surface area contributed by atoms with Crippen molar-refractivity contribution in [1.29, 1.82) is 0 Å². The van der Waals surface area contributed by atoms with Crippen molar-refractivity contribution in [2.45, 2.75) is 45.4 Å². The lowest BCUT2D eigenvalue weighted by Crippen LogP contribution is -2.33. The van der Waals surface area contributed by atoms with Crippen LogP contribution in [-0.2, 0) is 14.4 Å². The van der Waals surface area contributed by atoms with Crippen LogP contribution in [0.25, 0.3) is 0 Å². The summed E-state index contributed by atoms with van der Waals surface area (Å²) in [5.74, 6) is -1.27. The highest BCUT2D eigenvalue weighted by molar-refractivity contribution is 5.81. The van der Waals surface area contributed by atoms with Gasteiger partial charge in [-0.3, -0.25) is 14.4 Å². The molecule has 1 aliphatic carbocycles. The maximum Gasteiger partial charge on any atom is 0.308 e. The van der Waals surface area contributed by atoms with Crippen LogP contribution in [0.3, 0.4) is 0 Å². The molecule has 20 heavy (non-hydrogen) atoms. The summed E-state index contributed by atoms with van der Waals surface area (Å²) < 4.78 is 0. The van der Waals surface area contributed by atoms with Crippen LogP contribution in [0.4, 0.5) is 0 Å². The molecule has 1 atom stereocenters. The highest BCUT2D eigenvalue weighted by Gasteiger charge is 2.29. The van der Waals surface area contributed by atoms with Crippen molar-refractivity contribution >= 4 is 17.8 Å². The fourth-order valence-corrected chi connectivity index (χ4v) is 1.94. The summed E-state index contributed by atoms with van der Waals surface area (Å²) in [6.45, 7) is 2.59. The number of amides is 2. The van der Waals surface area contributed by atoms with Gasteiger partial charge in [0.2, 0.25) is 11.8 Å². The zero-order valence-corrected chi connectivity index (χ0v) is 12.0. The second-order valence-electron chi connectivity index (χ2n) is 5.30. The quantitative estimate of drug-likeness (QED) is 0.520. The van der Waals surface area contributed by atoms with Crippen LogP contribution in [0.1, 0.15) is 45.4 Å². The van der Waals surface area contributed by atoms with Crippen molar-refractivity contribution in [2.75, 3.05) is 13.1 Å². The first kappa shape index (κ1) is 16.5. The third-order valence-electron chi connectivity index (χ3n) is 3.36. The first-order valence-corrected chi connectivity index (χ1v) is 7.31. The van der Waals surface area contributed by atoms with Crippen molar-refractivity contribution in [3.8, 4) is 0 Å². The summed E-state index contributed by atoms with van der Waals surface area (Å²) in [6.07, 6.45) is 4.17. The van der Waals surface area contributed by atoms with E-state index >= 15 is 0 Å². The minimum absolute atomic E-state index is 0.0827. The van der Waals surface area contributed by atoms with Crippen LogP contribution in [-0.4, -0.2) is 36.0 Å². The van der Waals surface area contributed by atoms with Crippen LogP contribution in [0.15, 0.2) is 0 Å². The first-order valence-electron chi connectivity index (χ1n) is 7.31. The lowest BCUT2D eigenvalue weighted by molar-refractivity contribution is -0.142. The van der Waals surface area contributed by atoms with Gasteiger partial charge in [-0.25, -0.2) is 0 Å². The lowest BCUT2D eigenvalue weighted by atomic mass is 10.0. The smallest absolute Gasteiger partial charge is 0.308 e. The lowest BCUT2D eigenvalue weighted by Gasteiger charge is -2.12. The molecule has 0 aliphatic heterocycles. The minimum Gasteiger partial charge on any atom is -0.481 e. The molecular formula is C14H24N2O4. The zero-order chi connectivity index (χ0) is 15.0. The van der Waals surface area contributed by atoms with Gasteiger partial charge in [-0.1, -0.05) is 13.3 Å². The average molecular weight is 284 g/mol. The van der Waals surface area contributed by atoms with Gasteiger partial charge in [-0.2, -0.15) is 0 Å². The van der Waals surface area contributed by atoms with Crippen molar-refractivity contribution in [1.82, 2.24) is 10.6 Å². The predicted molar refractivity (Wildman–Crippen MR) is 74.0 cm³/mol. The third-order valence-corrected chi connectivity index (χ3v) is 3.36. The molecule has 2 amide bonds. The zero-order valence-electron chi connectivity index (χ0n) is 12.0. The van der Waals surface area contributed by atoms with Crippen LogP contribution in [0.5, 0.6) is 0 Å². The van der Waals surface area contributed by atoms with E-state index < -0.39 is 11.9 Å². The predicted octanol–water partition coefficient (Wildman–Crippen LogP) is 0.910. The first-order chi connectivity index (χ1) is 9.54. The Balaban J connectivity index is 2.06. The SMILES string of the molecule is CCCC(CNC(=O)CCCNC(=O)C1CC1)C(=O)O. The summed E-state index contributed by atoms with van der Waals surface area (Å²) in [6, 6.07) is 0. The van der Waals surface area contributed by atoms with E-state index in [1.54, 1.807) is 0 Å². The molecular weight excluding hydrogens is 260 g/mol. The number of nitrogens with one attached hydrogen (secondary N) is 2. The molecule has 1 fully saturated rings. The number of rotatable bonds is 10. The molecule has 114 valence electrons. The van der Waals surface area contributed by atoms with Crippen molar-refractivity contribution in [3.05, 3.63) is 0 Å². The van der Waals surface area contributed by atoms with Crippen LogP contribution in [0.2, 0.25) is 0 Å². The molecule has 0 aromatic heterocycles. The molecule has 0 aromatic carbocycles. The largest absolute Gasteiger partial charge is 0.481 e. The topological polar surface area (TPSA) is 95.5 Å². The van der Waals surface area contributed by atoms with E-state index in [4.69, 9.17) is 5.11 Å². The number of carboxylic acid groups (broad SMARTS) is 1. The van der Waals surface area contributed by atoms with Gasteiger partial charge >= 0.3 is 5.97 Å². The van der Waals surface area contributed by atoms with Gasteiger partial charge in [0.15, 0.2) is 0 Å². The number of carboxylic acids is 1. The molecule has 6 heteroatoms. The Morgan fingerprint density at radius 2 is 1.95 bits per heavy atom. The van der Waals surface area contributed by atoms with E-state index in [0.29, 0.717) is 25.8 Å². The number of hydrogen-bond acceptors (Lipinski definition) is 3. The summed E-state index contributed by atoms with van der Waals surface area (Å²) in [7, 11) is 0. The molecule has 1 aliphatic rings. The summed E-state index contributed by atoms with van der Waals surface area (Å²) >= 11 is 0. The molecule has 6 nitrogen and oxygen atoms in total. The maximum atomic E-state index is 11.5. The van der Waals surface area contributed by atoms with Crippen LogP contribution in [0, 0.1) is 11.8 Å². The van der Waals surface area contributed by atoms with E-state index in [9.17, 15) is 14.4 Å². The summed E-state index contributed by atoms with van der Waals surface area (Å²) in [5, 5.41) is 14.4. The van der Waals surface area contributed by atoms with E-state index in [-0.39, 0.29) is 24.3 Å². The molecule has 0 saturated heterocycles.